The molecule has 0 saturated heterocycles. The first kappa shape index (κ1) is 9.63. The molecule has 0 unspecified atom stereocenters. The molecule has 1 aliphatic heterocycles. The van der Waals surface area contributed by atoms with E-state index in [0.717, 1.165) is 25.2 Å². The number of nitrogens with two attached hydrogens (primary N) is 1. The molecule has 3 N–H and O–H groups in total. The standard InChI is InChI=1S/C7H12N4O2S/c8-14(12,13)7-4-6-5-9-2-1-3-11(6)10-7/h4,9H,1-3,5H2,(H2,8,12,13). The highest BCUT2D eigenvalue weighted by atomic mass is 32.2. The first-order chi connectivity index (χ1) is 6.57. The second-order valence-electron chi connectivity index (χ2n) is 3.27. The average molecular weight is 216 g/mol. The maximum Gasteiger partial charge on any atom is 0.257 e. The summed E-state index contributed by atoms with van der Waals surface area (Å²) in [4.78, 5) is 0. The van der Waals surface area contributed by atoms with Crippen LogP contribution < -0.4 is 10.5 Å². The minimum Gasteiger partial charge on any atom is -0.311 e. The lowest BCUT2D eigenvalue weighted by Crippen LogP contribution is -2.14. The molecule has 0 atom stereocenters. The van der Waals surface area contributed by atoms with Crippen molar-refractivity contribution < 1.29 is 8.42 Å². The van der Waals surface area contributed by atoms with E-state index in [1.54, 1.807) is 4.68 Å². The fourth-order valence-electron chi connectivity index (χ4n) is 1.47. The highest BCUT2D eigenvalue weighted by molar-refractivity contribution is 7.89. The Labute approximate surface area is 82.1 Å². The molecule has 2 rings (SSSR count). The molecule has 0 aromatic carbocycles. The number of rotatable bonds is 1. The number of sulfonamides is 1. The lowest BCUT2D eigenvalue weighted by Gasteiger charge is -1.98. The largest absolute Gasteiger partial charge is 0.311 e. The van der Waals surface area contributed by atoms with Crippen LogP contribution in [0.3, 0.4) is 0 Å². The number of primary sulfonamides is 1. The first-order valence-corrected chi connectivity index (χ1v) is 5.92. The molecule has 1 aromatic rings. The molecular formula is C7H12N4O2S. The predicted molar refractivity (Wildman–Crippen MR) is 49.9 cm³/mol. The van der Waals surface area contributed by atoms with Crippen molar-refractivity contribution in [2.45, 2.75) is 24.5 Å². The van der Waals surface area contributed by atoms with Gasteiger partial charge in [0.25, 0.3) is 10.0 Å². The third kappa shape index (κ3) is 1.79. The number of hydrogen-bond donors (Lipinski definition) is 2. The normalized spacial score (nSPS) is 17.5. The Morgan fingerprint density at radius 3 is 3.07 bits per heavy atom. The van der Waals surface area contributed by atoms with Crippen LogP contribution in [-0.2, 0) is 23.1 Å². The van der Waals surface area contributed by atoms with Gasteiger partial charge >= 0.3 is 0 Å². The Bertz CT molecular complexity index is 413. The van der Waals surface area contributed by atoms with Crippen LogP contribution >= 0.6 is 0 Å². The van der Waals surface area contributed by atoms with E-state index >= 15 is 0 Å². The number of aryl methyl sites for hydroxylation is 1. The molecule has 0 saturated carbocycles. The molecule has 0 bridgehead atoms. The van der Waals surface area contributed by atoms with Gasteiger partial charge < -0.3 is 5.32 Å². The van der Waals surface area contributed by atoms with Gasteiger partial charge in [0.2, 0.25) is 0 Å². The summed E-state index contributed by atoms with van der Waals surface area (Å²) >= 11 is 0. The molecule has 0 radical (unpaired) electrons. The summed E-state index contributed by atoms with van der Waals surface area (Å²) in [7, 11) is -3.67. The Hall–Kier alpha value is -0.920. The number of hydrogen-bond acceptors (Lipinski definition) is 4. The minimum atomic E-state index is -3.67. The smallest absolute Gasteiger partial charge is 0.257 e. The summed E-state index contributed by atoms with van der Waals surface area (Å²) in [5, 5.41) is 12.1. The molecule has 0 aliphatic carbocycles. The van der Waals surface area contributed by atoms with Crippen molar-refractivity contribution in [2.24, 2.45) is 5.14 Å². The van der Waals surface area contributed by atoms with Gasteiger partial charge in [-0.05, 0) is 13.0 Å². The Morgan fingerprint density at radius 2 is 2.36 bits per heavy atom. The summed E-state index contributed by atoms with van der Waals surface area (Å²) in [6.45, 7) is 2.30. The van der Waals surface area contributed by atoms with E-state index in [0.29, 0.717) is 6.54 Å². The lowest BCUT2D eigenvalue weighted by molar-refractivity contribution is 0.560. The summed E-state index contributed by atoms with van der Waals surface area (Å²) < 4.78 is 23.7. The topological polar surface area (TPSA) is 90.0 Å². The Morgan fingerprint density at radius 1 is 1.57 bits per heavy atom. The van der Waals surface area contributed by atoms with Crippen molar-refractivity contribution in [3.05, 3.63) is 11.8 Å². The number of fused-ring (bicyclic) bond motifs is 1. The van der Waals surface area contributed by atoms with Gasteiger partial charge in [-0.3, -0.25) is 4.68 Å². The zero-order valence-electron chi connectivity index (χ0n) is 7.60. The van der Waals surface area contributed by atoms with E-state index in [4.69, 9.17) is 5.14 Å². The molecule has 1 aliphatic rings. The average Bonchev–Trinajstić information content (AvgIpc) is 2.38. The van der Waals surface area contributed by atoms with Gasteiger partial charge in [0.15, 0.2) is 5.03 Å². The third-order valence-corrected chi connectivity index (χ3v) is 2.94. The summed E-state index contributed by atoms with van der Waals surface area (Å²) in [6, 6.07) is 1.52. The Kier molecular flexibility index (Phi) is 2.30. The third-order valence-electron chi connectivity index (χ3n) is 2.16. The van der Waals surface area contributed by atoms with E-state index in [9.17, 15) is 8.42 Å². The quantitative estimate of drug-likeness (QED) is 0.631. The molecule has 14 heavy (non-hydrogen) atoms. The van der Waals surface area contributed by atoms with E-state index in [1.165, 1.54) is 6.07 Å². The molecular weight excluding hydrogens is 204 g/mol. The predicted octanol–water partition coefficient (Wildman–Crippen LogP) is -0.976. The van der Waals surface area contributed by atoms with Crippen LogP contribution in [0.4, 0.5) is 0 Å². The van der Waals surface area contributed by atoms with Crippen LogP contribution in [0.15, 0.2) is 11.1 Å². The monoisotopic (exact) mass is 216 g/mol. The maximum atomic E-state index is 11.0. The number of nitrogens with zero attached hydrogens (tertiary/aromatic N) is 2. The van der Waals surface area contributed by atoms with E-state index < -0.39 is 10.0 Å². The molecule has 0 spiro atoms. The molecule has 78 valence electrons. The van der Waals surface area contributed by atoms with Crippen molar-refractivity contribution in [2.75, 3.05) is 6.54 Å². The van der Waals surface area contributed by atoms with Gasteiger partial charge in [-0.2, -0.15) is 5.10 Å². The number of aromatic nitrogens is 2. The Balaban J connectivity index is 2.41. The highest BCUT2D eigenvalue weighted by Gasteiger charge is 2.17. The van der Waals surface area contributed by atoms with Gasteiger partial charge in [-0.15, -0.1) is 0 Å². The van der Waals surface area contributed by atoms with Crippen LogP contribution in [-0.4, -0.2) is 24.7 Å². The fraction of sp³-hybridized carbons (Fsp3) is 0.571. The van der Waals surface area contributed by atoms with Crippen LogP contribution in [0.1, 0.15) is 12.1 Å². The van der Waals surface area contributed by atoms with Crippen LogP contribution in [0.2, 0.25) is 0 Å². The van der Waals surface area contributed by atoms with Crippen molar-refractivity contribution in [1.82, 2.24) is 15.1 Å². The van der Waals surface area contributed by atoms with Gasteiger partial charge in [0, 0.05) is 19.2 Å². The van der Waals surface area contributed by atoms with Gasteiger partial charge in [0.1, 0.15) is 0 Å². The van der Waals surface area contributed by atoms with Crippen LogP contribution in [0, 0.1) is 0 Å². The van der Waals surface area contributed by atoms with E-state index in [2.05, 4.69) is 10.4 Å². The second kappa shape index (κ2) is 3.34. The second-order valence-corrected chi connectivity index (χ2v) is 4.78. The van der Waals surface area contributed by atoms with E-state index in [-0.39, 0.29) is 5.03 Å². The van der Waals surface area contributed by atoms with Gasteiger partial charge in [-0.25, -0.2) is 13.6 Å². The summed E-state index contributed by atoms with van der Waals surface area (Å²) in [6.07, 6.45) is 0.943. The van der Waals surface area contributed by atoms with Crippen molar-refractivity contribution >= 4 is 10.0 Å². The van der Waals surface area contributed by atoms with Crippen molar-refractivity contribution in [3.63, 3.8) is 0 Å². The summed E-state index contributed by atoms with van der Waals surface area (Å²) in [5.41, 5.74) is 0.867. The first-order valence-electron chi connectivity index (χ1n) is 4.37. The molecule has 6 nitrogen and oxygen atoms in total. The SMILES string of the molecule is NS(=O)(=O)c1cc2n(n1)CCCNC2. The molecule has 7 heteroatoms. The van der Waals surface area contributed by atoms with Gasteiger partial charge in [-0.1, -0.05) is 0 Å². The minimum absolute atomic E-state index is 0.0452. The van der Waals surface area contributed by atoms with Crippen LogP contribution in [0.5, 0.6) is 0 Å². The molecule has 2 heterocycles. The zero-order valence-corrected chi connectivity index (χ0v) is 8.42. The molecule has 0 amide bonds. The van der Waals surface area contributed by atoms with E-state index in [1.807, 2.05) is 0 Å². The molecule has 1 aromatic heterocycles. The van der Waals surface area contributed by atoms with Crippen molar-refractivity contribution in [1.29, 1.82) is 0 Å². The highest BCUT2D eigenvalue weighted by Crippen LogP contribution is 2.11. The maximum absolute atomic E-state index is 11.0. The van der Waals surface area contributed by atoms with Gasteiger partial charge in [0.05, 0.1) is 5.69 Å². The fourth-order valence-corrected chi connectivity index (χ4v) is 1.99. The lowest BCUT2D eigenvalue weighted by atomic mass is 10.4. The van der Waals surface area contributed by atoms with Crippen molar-refractivity contribution in [3.8, 4) is 0 Å². The summed E-state index contributed by atoms with van der Waals surface area (Å²) in [5.74, 6) is 0. The van der Waals surface area contributed by atoms with Crippen LogP contribution in [0.25, 0.3) is 0 Å². The molecule has 0 fully saturated rings. The zero-order chi connectivity index (χ0) is 10.2. The number of nitrogens with one attached hydrogen (secondary N) is 1.